The van der Waals surface area contributed by atoms with Gasteiger partial charge in [-0.15, -0.1) is 0 Å². The zero-order chi connectivity index (χ0) is 16.3. The van der Waals surface area contributed by atoms with Gasteiger partial charge >= 0.3 is 0 Å². The minimum absolute atomic E-state index is 0.0213. The number of Topliss-reactive ketones (excluding diaryl/α,β-unsaturated/α-hetero) is 1. The molecule has 122 valence electrons. The van der Waals surface area contributed by atoms with Crippen LogP contribution in [0.4, 0.5) is 0 Å². The standard InChI is InChI=1S/C16H25N3O3/c1-10(19-5-7-22-8-6-19)9-17-16(21)15-11(2)14(13(4)20)12(3)18-15/h10,18H,5-9H2,1-4H3,(H,17,21). The maximum atomic E-state index is 12.3. The van der Waals surface area contributed by atoms with E-state index >= 15 is 0 Å². The van der Waals surface area contributed by atoms with Gasteiger partial charge < -0.3 is 15.0 Å². The third kappa shape index (κ3) is 3.56. The molecule has 0 aliphatic carbocycles. The van der Waals surface area contributed by atoms with Gasteiger partial charge in [0.15, 0.2) is 5.78 Å². The van der Waals surface area contributed by atoms with E-state index in [2.05, 4.69) is 22.1 Å². The summed E-state index contributed by atoms with van der Waals surface area (Å²) < 4.78 is 5.33. The van der Waals surface area contributed by atoms with E-state index in [1.807, 2.05) is 6.92 Å². The fourth-order valence-electron chi connectivity index (χ4n) is 2.98. The van der Waals surface area contributed by atoms with Crippen molar-refractivity contribution in [2.75, 3.05) is 32.8 Å². The summed E-state index contributed by atoms with van der Waals surface area (Å²) >= 11 is 0. The monoisotopic (exact) mass is 307 g/mol. The number of amides is 1. The van der Waals surface area contributed by atoms with Gasteiger partial charge in [0.2, 0.25) is 0 Å². The van der Waals surface area contributed by atoms with Crippen molar-refractivity contribution in [2.45, 2.75) is 33.7 Å². The van der Waals surface area contributed by atoms with Gasteiger partial charge in [0.25, 0.3) is 5.91 Å². The number of ether oxygens (including phenoxy) is 1. The van der Waals surface area contributed by atoms with Crippen LogP contribution in [0.25, 0.3) is 0 Å². The zero-order valence-electron chi connectivity index (χ0n) is 13.8. The number of nitrogens with zero attached hydrogens (tertiary/aromatic N) is 1. The van der Waals surface area contributed by atoms with Crippen LogP contribution in [-0.2, 0) is 4.74 Å². The van der Waals surface area contributed by atoms with Crippen molar-refractivity contribution in [1.29, 1.82) is 0 Å². The van der Waals surface area contributed by atoms with Gasteiger partial charge in [0.05, 0.1) is 13.2 Å². The van der Waals surface area contributed by atoms with Gasteiger partial charge in [-0.3, -0.25) is 14.5 Å². The van der Waals surface area contributed by atoms with Gasteiger partial charge in [-0.05, 0) is 33.3 Å². The molecule has 1 aliphatic heterocycles. The maximum Gasteiger partial charge on any atom is 0.268 e. The molecule has 2 N–H and O–H groups in total. The smallest absolute Gasteiger partial charge is 0.268 e. The van der Waals surface area contributed by atoms with Crippen LogP contribution in [0.5, 0.6) is 0 Å². The third-order valence-electron chi connectivity index (χ3n) is 4.24. The highest BCUT2D eigenvalue weighted by Crippen LogP contribution is 2.18. The average molecular weight is 307 g/mol. The van der Waals surface area contributed by atoms with E-state index < -0.39 is 0 Å². The number of aromatic nitrogens is 1. The summed E-state index contributed by atoms with van der Waals surface area (Å²) in [5.74, 6) is -0.180. The number of aryl methyl sites for hydroxylation is 1. The van der Waals surface area contributed by atoms with Crippen LogP contribution in [0.1, 0.15) is 46.0 Å². The van der Waals surface area contributed by atoms with E-state index in [0.717, 1.165) is 37.6 Å². The number of H-pyrrole nitrogens is 1. The first kappa shape index (κ1) is 16.7. The van der Waals surface area contributed by atoms with Crippen LogP contribution in [-0.4, -0.2) is 60.5 Å². The second-order valence-electron chi connectivity index (χ2n) is 5.89. The Labute approximate surface area is 131 Å². The Morgan fingerprint density at radius 1 is 1.32 bits per heavy atom. The predicted octanol–water partition coefficient (Wildman–Crippen LogP) is 1.28. The lowest BCUT2D eigenvalue weighted by Crippen LogP contribution is -2.47. The molecule has 0 aromatic carbocycles. The van der Waals surface area contributed by atoms with Gasteiger partial charge in [0, 0.05) is 36.9 Å². The van der Waals surface area contributed by atoms with Gasteiger partial charge in [-0.2, -0.15) is 0 Å². The SMILES string of the molecule is CC(=O)c1c(C)[nH]c(C(=O)NCC(C)N2CCOCC2)c1C. The molecule has 1 amide bonds. The minimum Gasteiger partial charge on any atom is -0.379 e. The Morgan fingerprint density at radius 3 is 2.50 bits per heavy atom. The lowest BCUT2D eigenvalue weighted by molar-refractivity contribution is 0.0204. The summed E-state index contributed by atoms with van der Waals surface area (Å²) in [6.07, 6.45) is 0. The normalized spacial score (nSPS) is 17.3. The van der Waals surface area contributed by atoms with Gasteiger partial charge in [-0.25, -0.2) is 0 Å². The molecule has 1 saturated heterocycles. The van der Waals surface area contributed by atoms with E-state index in [1.165, 1.54) is 6.92 Å². The minimum atomic E-state index is -0.159. The van der Waals surface area contributed by atoms with Crippen molar-refractivity contribution >= 4 is 11.7 Å². The summed E-state index contributed by atoms with van der Waals surface area (Å²) in [4.78, 5) is 29.3. The quantitative estimate of drug-likeness (QED) is 0.804. The number of nitrogens with one attached hydrogen (secondary N) is 2. The predicted molar refractivity (Wildman–Crippen MR) is 84.5 cm³/mol. The molecule has 2 rings (SSSR count). The molecule has 1 fully saturated rings. The Bertz CT molecular complexity index is 559. The first-order valence-electron chi connectivity index (χ1n) is 7.72. The van der Waals surface area contributed by atoms with E-state index in [1.54, 1.807) is 6.92 Å². The average Bonchev–Trinajstić information content (AvgIpc) is 2.80. The number of carbonyl (C=O) groups excluding carboxylic acids is 2. The van der Waals surface area contributed by atoms with Crippen LogP contribution in [0.3, 0.4) is 0 Å². The molecule has 6 heteroatoms. The molecule has 0 radical (unpaired) electrons. The third-order valence-corrected chi connectivity index (χ3v) is 4.24. The second kappa shape index (κ2) is 7.07. The maximum absolute atomic E-state index is 12.3. The Morgan fingerprint density at radius 2 is 1.95 bits per heavy atom. The number of hydrogen-bond acceptors (Lipinski definition) is 4. The van der Waals surface area contributed by atoms with E-state index in [-0.39, 0.29) is 17.7 Å². The van der Waals surface area contributed by atoms with Gasteiger partial charge in [-0.1, -0.05) is 0 Å². The lowest BCUT2D eigenvalue weighted by Gasteiger charge is -2.32. The molecule has 0 saturated carbocycles. The molecular formula is C16H25N3O3. The molecule has 22 heavy (non-hydrogen) atoms. The molecule has 1 aromatic rings. The second-order valence-corrected chi connectivity index (χ2v) is 5.89. The van der Waals surface area contributed by atoms with Gasteiger partial charge in [0.1, 0.15) is 5.69 Å². The van der Waals surface area contributed by atoms with Crippen LogP contribution in [0.2, 0.25) is 0 Å². The number of aromatic amines is 1. The number of carbonyl (C=O) groups is 2. The highest BCUT2D eigenvalue weighted by atomic mass is 16.5. The number of morpholine rings is 1. The molecule has 1 atom stereocenters. The fourth-order valence-corrected chi connectivity index (χ4v) is 2.98. The highest BCUT2D eigenvalue weighted by Gasteiger charge is 2.21. The van der Waals surface area contributed by atoms with E-state index in [4.69, 9.17) is 4.74 Å². The molecule has 1 unspecified atom stereocenters. The van der Waals surface area contributed by atoms with Crippen molar-refractivity contribution in [3.63, 3.8) is 0 Å². The molecule has 0 spiro atoms. The van der Waals surface area contributed by atoms with Crippen LogP contribution in [0, 0.1) is 13.8 Å². The molecule has 1 aliphatic rings. The number of hydrogen-bond donors (Lipinski definition) is 2. The summed E-state index contributed by atoms with van der Waals surface area (Å²) in [7, 11) is 0. The molecule has 1 aromatic heterocycles. The van der Waals surface area contributed by atoms with Crippen LogP contribution >= 0.6 is 0 Å². The summed E-state index contributed by atoms with van der Waals surface area (Å²) in [6.45, 7) is 11.1. The van der Waals surface area contributed by atoms with Crippen molar-refractivity contribution in [2.24, 2.45) is 0 Å². The Balaban J connectivity index is 1.97. The van der Waals surface area contributed by atoms with Crippen LogP contribution in [0.15, 0.2) is 0 Å². The lowest BCUT2D eigenvalue weighted by atomic mass is 10.1. The van der Waals surface area contributed by atoms with Crippen molar-refractivity contribution in [3.8, 4) is 0 Å². The zero-order valence-corrected chi connectivity index (χ0v) is 13.8. The topological polar surface area (TPSA) is 74.4 Å². The summed E-state index contributed by atoms with van der Waals surface area (Å²) in [5.41, 5.74) is 2.57. The highest BCUT2D eigenvalue weighted by molar-refractivity contribution is 6.02. The van der Waals surface area contributed by atoms with Crippen molar-refractivity contribution in [3.05, 3.63) is 22.5 Å². The molecule has 2 heterocycles. The summed E-state index contributed by atoms with van der Waals surface area (Å²) in [6, 6.07) is 0.261. The van der Waals surface area contributed by atoms with Crippen molar-refractivity contribution in [1.82, 2.24) is 15.2 Å². The summed E-state index contributed by atoms with van der Waals surface area (Å²) in [5, 5.41) is 2.95. The number of ketones is 1. The fraction of sp³-hybridized carbons (Fsp3) is 0.625. The van der Waals surface area contributed by atoms with E-state index in [0.29, 0.717) is 17.8 Å². The van der Waals surface area contributed by atoms with E-state index in [9.17, 15) is 9.59 Å². The largest absolute Gasteiger partial charge is 0.379 e. The Kier molecular flexibility index (Phi) is 5.37. The van der Waals surface area contributed by atoms with Crippen molar-refractivity contribution < 1.29 is 14.3 Å². The molecular weight excluding hydrogens is 282 g/mol. The molecule has 0 bridgehead atoms. The first-order chi connectivity index (χ1) is 10.4. The molecule has 6 nitrogen and oxygen atoms in total. The first-order valence-corrected chi connectivity index (χ1v) is 7.72. The Hall–Kier alpha value is -1.66. The number of rotatable bonds is 5. The van der Waals surface area contributed by atoms with Crippen LogP contribution < -0.4 is 5.32 Å².